The summed E-state index contributed by atoms with van der Waals surface area (Å²) in [6.45, 7) is 8.06. The number of nitrogens with zero attached hydrogens (tertiary/aromatic N) is 7. The number of halogens is 3. The van der Waals surface area contributed by atoms with Crippen molar-refractivity contribution in [3.8, 4) is 5.82 Å². The van der Waals surface area contributed by atoms with Crippen LogP contribution in [0.2, 0.25) is 0 Å². The number of hydrogen-bond donors (Lipinski definition) is 2. The number of anilines is 3. The fourth-order valence-electron chi connectivity index (χ4n) is 4.71. The SMILES string of the molecule is Cc1c(C=CCN2CCN(c3cc(F)cc(F)c3)C[C@H]2C)cnn1-c1cc(N2CC(O)C2)nc(N)n1.Cl. The molecular formula is C25H31ClF2N8O. The molecule has 2 aliphatic rings. The van der Waals surface area contributed by atoms with Gasteiger partial charge in [-0.15, -0.1) is 12.4 Å². The molecule has 0 saturated carbocycles. The molecule has 1 aromatic carbocycles. The van der Waals surface area contributed by atoms with Crippen LogP contribution in [0.3, 0.4) is 0 Å². The molecule has 2 saturated heterocycles. The van der Waals surface area contributed by atoms with Crippen LogP contribution in [0, 0.1) is 18.6 Å². The second-order valence-electron chi connectivity index (χ2n) is 9.42. The van der Waals surface area contributed by atoms with Gasteiger partial charge in [0, 0.05) is 68.7 Å². The van der Waals surface area contributed by atoms with E-state index < -0.39 is 11.6 Å². The van der Waals surface area contributed by atoms with Crippen LogP contribution in [-0.2, 0) is 0 Å². The van der Waals surface area contributed by atoms with Gasteiger partial charge >= 0.3 is 0 Å². The molecule has 2 aliphatic heterocycles. The fourth-order valence-corrected chi connectivity index (χ4v) is 4.71. The number of nitrogen functional groups attached to an aromatic ring is 1. The van der Waals surface area contributed by atoms with Gasteiger partial charge in [-0.05, 0) is 26.0 Å². The van der Waals surface area contributed by atoms with Gasteiger partial charge in [0.05, 0.1) is 18.0 Å². The molecule has 5 rings (SSSR count). The molecule has 0 radical (unpaired) electrons. The van der Waals surface area contributed by atoms with Gasteiger partial charge in [-0.1, -0.05) is 12.2 Å². The van der Waals surface area contributed by atoms with Crippen LogP contribution in [0.25, 0.3) is 11.9 Å². The monoisotopic (exact) mass is 532 g/mol. The van der Waals surface area contributed by atoms with Crippen LogP contribution in [0.4, 0.5) is 26.2 Å². The van der Waals surface area contributed by atoms with Crippen molar-refractivity contribution in [1.29, 1.82) is 0 Å². The normalized spacial score (nSPS) is 18.8. The number of piperazine rings is 1. The van der Waals surface area contributed by atoms with E-state index in [4.69, 9.17) is 5.73 Å². The Morgan fingerprint density at radius 1 is 1.03 bits per heavy atom. The molecule has 0 amide bonds. The highest BCUT2D eigenvalue weighted by Gasteiger charge is 2.27. The Hall–Kier alpha value is -3.28. The molecule has 12 heteroatoms. The zero-order valence-electron chi connectivity index (χ0n) is 20.8. The predicted molar refractivity (Wildman–Crippen MR) is 142 cm³/mol. The number of β-amino-alcohol motifs (C(OH)–C–C–N with tert-alkyl or cyclic N) is 1. The first-order valence-electron chi connectivity index (χ1n) is 12.0. The van der Waals surface area contributed by atoms with Crippen LogP contribution in [-0.4, -0.2) is 81.2 Å². The first-order chi connectivity index (χ1) is 17.3. The first-order valence-corrected chi connectivity index (χ1v) is 12.0. The van der Waals surface area contributed by atoms with Crippen molar-refractivity contribution in [2.24, 2.45) is 0 Å². The van der Waals surface area contributed by atoms with Gasteiger partial charge < -0.3 is 20.6 Å². The number of aliphatic hydroxyl groups excluding tert-OH is 1. The summed E-state index contributed by atoms with van der Waals surface area (Å²) in [6.07, 6.45) is 5.58. The van der Waals surface area contributed by atoms with Crippen molar-refractivity contribution in [1.82, 2.24) is 24.6 Å². The Balaban J connectivity index is 0.00000320. The molecule has 198 valence electrons. The minimum absolute atomic E-state index is 0. The van der Waals surface area contributed by atoms with Gasteiger partial charge in [-0.2, -0.15) is 15.1 Å². The van der Waals surface area contributed by atoms with E-state index in [0.29, 0.717) is 43.5 Å². The van der Waals surface area contributed by atoms with E-state index >= 15 is 0 Å². The topological polar surface area (TPSA) is 99.6 Å². The summed E-state index contributed by atoms with van der Waals surface area (Å²) in [5.74, 6) is 0.293. The number of nitrogens with two attached hydrogens (primary N) is 1. The number of rotatable bonds is 6. The maximum atomic E-state index is 13.6. The molecule has 0 unspecified atom stereocenters. The highest BCUT2D eigenvalue weighted by molar-refractivity contribution is 5.85. The summed E-state index contributed by atoms with van der Waals surface area (Å²) < 4.78 is 29.0. The Morgan fingerprint density at radius 2 is 1.73 bits per heavy atom. The van der Waals surface area contributed by atoms with Crippen molar-refractivity contribution in [2.75, 3.05) is 54.8 Å². The minimum atomic E-state index is -0.556. The van der Waals surface area contributed by atoms with Gasteiger partial charge in [0.2, 0.25) is 5.95 Å². The zero-order chi connectivity index (χ0) is 25.4. The van der Waals surface area contributed by atoms with Gasteiger partial charge in [0.1, 0.15) is 17.5 Å². The second kappa shape index (κ2) is 11.0. The lowest BCUT2D eigenvalue weighted by Crippen LogP contribution is -2.51. The highest BCUT2D eigenvalue weighted by Crippen LogP contribution is 2.24. The molecule has 9 nitrogen and oxygen atoms in total. The van der Waals surface area contributed by atoms with E-state index in [0.717, 1.165) is 30.4 Å². The summed E-state index contributed by atoms with van der Waals surface area (Å²) in [5, 5.41) is 14.1. The summed E-state index contributed by atoms with van der Waals surface area (Å²) >= 11 is 0. The van der Waals surface area contributed by atoms with Gasteiger partial charge in [-0.25, -0.2) is 13.5 Å². The van der Waals surface area contributed by atoms with E-state index in [9.17, 15) is 13.9 Å². The maximum absolute atomic E-state index is 13.6. The fraction of sp³-hybridized carbons (Fsp3) is 0.400. The smallest absolute Gasteiger partial charge is 0.224 e. The van der Waals surface area contributed by atoms with Gasteiger partial charge in [0.25, 0.3) is 0 Å². The summed E-state index contributed by atoms with van der Waals surface area (Å²) in [5.41, 5.74) is 8.40. The third-order valence-electron chi connectivity index (χ3n) is 6.78. The third-order valence-corrected chi connectivity index (χ3v) is 6.78. The summed E-state index contributed by atoms with van der Waals surface area (Å²) in [7, 11) is 0. The lowest BCUT2D eigenvalue weighted by molar-refractivity contribution is 0.141. The van der Waals surface area contributed by atoms with Gasteiger partial charge in [0.15, 0.2) is 5.82 Å². The van der Waals surface area contributed by atoms with Crippen molar-refractivity contribution < 1.29 is 13.9 Å². The van der Waals surface area contributed by atoms with Crippen LogP contribution < -0.4 is 15.5 Å². The average Bonchev–Trinajstić information content (AvgIpc) is 3.17. The molecule has 0 aliphatic carbocycles. The lowest BCUT2D eigenvalue weighted by atomic mass is 10.1. The highest BCUT2D eigenvalue weighted by atomic mass is 35.5. The Labute approximate surface area is 220 Å². The van der Waals surface area contributed by atoms with Crippen molar-refractivity contribution in [3.05, 3.63) is 59.4 Å². The van der Waals surface area contributed by atoms with Crippen LogP contribution in [0.15, 0.2) is 36.5 Å². The molecule has 37 heavy (non-hydrogen) atoms. The quantitative estimate of drug-likeness (QED) is 0.500. The van der Waals surface area contributed by atoms with Crippen LogP contribution in [0.1, 0.15) is 18.2 Å². The number of aliphatic hydroxyl groups is 1. The molecule has 1 atom stereocenters. The molecule has 3 N–H and O–H groups in total. The number of hydrogen-bond acceptors (Lipinski definition) is 8. The molecule has 0 spiro atoms. The second-order valence-corrected chi connectivity index (χ2v) is 9.42. The van der Waals surface area contributed by atoms with Gasteiger partial charge in [-0.3, -0.25) is 4.90 Å². The van der Waals surface area contributed by atoms with E-state index in [1.165, 1.54) is 12.1 Å². The molecule has 2 aromatic heterocycles. The summed E-state index contributed by atoms with van der Waals surface area (Å²) in [6, 6.07) is 5.70. The van der Waals surface area contributed by atoms with E-state index in [1.54, 1.807) is 10.9 Å². The third kappa shape index (κ3) is 5.84. The van der Waals surface area contributed by atoms with E-state index in [-0.39, 0.29) is 30.5 Å². The summed E-state index contributed by atoms with van der Waals surface area (Å²) in [4.78, 5) is 14.9. The number of aromatic nitrogens is 4. The molecule has 2 fully saturated rings. The Bertz CT molecular complexity index is 1260. The Kier molecular flexibility index (Phi) is 7.96. The molecule has 4 heterocycles. The number of benzene rings is 1. The Morgan fingerprint density at radius 3 is 2.41 bits per heavy atom. The molecule has 0 bridgehead atoms. The predicted octanol–water partition coefficient (Wildman–Crippen LogP) is 2.66. The minimum Gasteiger partial charge on any atom is -0.389 e. The molecular weight excluding hydrogens is 502 g/mol. The van der Waals surface area contributed by atoms with E-state index in [1.807, 2.05) is 28.9 Å². The van der Waals surface area contributed by atoms with Crippen LogP contribution >= 0.6 is 12.4 Å². The van der Waals surface area contributed by atoms with Crippen molar-refractivity contribution in [3.63, 3.8) is 0 Å². The first kappa shape index (κ1) is 26.8. The molecule has 3 aromatic rings. The standard InChI is InChI=1S/C25H30F2N8O.ClH/c1-16-13-33(21-9-19(26)8-20(27)10-21)7-6-32(16)5-3-4-18-12-29-35(17(18)2)24-11-23(30-25(28)31-24)34-14-22(36)15-34;/h3-4,8-12,16,22,36H,5-7,13-15H2,1-2H3,(H2,28,30,31);1H/t16-;/m1./s1. The van der Waals surface area contributed by atoms with Crippen LogP contribution in [0.5, 0.6) is 0 Å². The van der Waals surface area contributed by atoms with E-state index in [2.05, 4.69) is 33.0 Å². The van der Waals surface area contributed by atoms with Crippen molar-refractivity contribution >= 4 is 35.9 Å². The maximum Gasteiger partial charge on any atom is 0.224 e. The average molecular weight is 533 g/mol. The lowest BCUT2D eigenvalue weighted by Gasteiger charge is -2.40. The zero-order valence-corrected chi connectivity index (χ0v) is 21.6. The largest absolute Gasteiger partial charge is 0.389 e. The van der Waals surface area contributed by atoms with Crippen molar-refractivity contribution in [2.45, 2.75) is 26.0 Å².